The van der Waals surface area contributed by atoms with Gasteiger partial charge in [0.25, 0.3) is 0 Å². The molecule has 0 radical (unpaired) electrons. The van der Waals surface area contributed by atoms with Crippen molar-refractivity contribution in [1.29, 1.82) is 0 Å². The molecule has 3 aliphatic carbocycles. The van der Waals surface area contributed by atoms with E-state index in [0.29, 0.717) is 17.7 Å². The van der Waals surface area contributed by atoms with Gasteiger partial charge in [0.2, 0.25) is 0 Å². The number of aliphatic hydroxyl groups is 2. The summed E-state index contributed by atoms with van der Waals surface area (Å²) in [6, 6.07) is 14.8. The molecule has 5 aliphatic rings. The van der Waals surface area contributed by atoms with Gasteiger partial charge in [0.1, 0.15) is 6.10 Å². The second-order valence-electron chi connectivity index (χ2n) is 12.5. The minimum Gasteiger partial charge on any atom is -0.504 e. The van der Waals surface area contributed by atoms with E-state index < -0.39 is 17.6 Å². The fourth-order valence-corrected chi connectivity index (χ4v) is 8.78. The van der Waals surface area contributed by atoms with Crippen LogP contribution in [0.5, 0.6) is 11.5 Å². The number of phenols is 1. The maximum absolute atomic E-state index is 12.0. The van der Waals surface area contributed by atoms with Crippen molar-refractivity contribution in [2.45, 2.75) is 81.5 Å². The van der Waals surface area contributed by atoms with Gasteiger partial charge in [0, 0.05) is 29.0 Å². The summed E-state index contributed by atoms with van der Waals surface area (Å²) in [5.41, 5.74) is 2.91. The van der Waals surface area contributed by atoms with Gasteiger partial charge in [-0.2, -0.15) is 0 Å². The molecule has 36 heavy (non-hydrogen) atoms. The number of rotatable bonds is 7. The zero-order chi connectivity index (χ0) is 24.5. The maximum atomic E-state index is 12.0. The van der Waals surface area contributed by atoms with Gasteiger partial charge < -0.3 is 20.1 Å². The van der Waals surface area contributed by atoms with Crippen molar-refractivity contribution in [2.24, 2.45) is 17.3 Å². The summed E-state index contributed by atoms with van der Waals surface area (Å²) in [6.45, 7) is 2.17. The van der Waals surface area contributed by atoms with E-state index >= 15 is 0 Å². The van der Waals surface area contributed by atoms with Crippen molar-refractivity contribution < 1.29 is 20.1 Å². The Morgan fingerprint density at radius 1 is 1.08 bits per heavy atom. The first-order chi connectivity index (χ1) is 17.6. The maximum Gasteiger partial charge on any atom is 0.165 e. The molecule has 192 valence electrons. The molecule has 5 heteroatoms. The molecule has 2 heterocycles. The van der Waals surface area contributed by atoms with Crippen LogP contribution in [0.1, 0.15) is 61.6 Å². The lowest BCUT2D eigenvalue weighted by Gasteiger charge is -2.63. The Labute approximate surface area is 214 Å². The summed E-state index contributed by atoms with van der Waals surface area (Å²) in [7, 11) is 0. The summed E-state index contributed by atoms with van der Waals surface area (Å²) in [6.07, 6.45) is 8.28. The molecular weight excluding hydrogens is 450 g/mol. The van der Waals surface area contributed by atoms with Crippen molar-refractivity contribution in [3.05, 3.63) is 59.2 Å². The van der Waals surface area contributed by atoms with E-state index in [4.69, 9.17) is 4.74 Å². The molecule has 4 unspecified atom stereocenters. The molecule has 2 aromatic rings. The normalized spacial score (nSPS) is 36.7. The van der Waals surface area contributed by atoms with Crippen LogP contribution in [0.4, 0.5) is 0 Å². The lowest BCUT2D eigenvalue weighted by atomic mass is 9.46. The second-order valence-corrected chi connectivity index (χ2v) is 12.5. The van der Waals surface area contributed by atoms with E-state index in [0.717, 1.165) is 51.0 Å². The van der Waals surface area contributed by atoms with Crippen LogP contribution in [0.15, 0.2) is 42.5 Å². The predicted molar refractivity (Wildman–Crippen MR) is 138 cm³/mol. The third-order valence-electron chi connectivity index (χ3n) is 10.8. The van der Waals surface area contributed by atoms with Crippen LogP contribution in [0.2, 0.25) is 0 Å². The number of hydrogen-bond donors (Lipinski definition) is 3. The lowest BCUT2D eigenvalue weighted by Crippen LogP contribution is -2.71. The number of ether oxygens (including phenoxy) is 1. The Kier molecular flexibility index (Phi) is 5.43. The molecular formula is C31H39NO4. The smallest absolute Gasteiger partial charge is 0.165 e. The van der Waals surface area contributed by atoms with Gasteiger partial charge in [-0.05, 0) is 86.9 Å². The number of likely N-dealkylation sites (tertiary alicyclic amines) is 1. The van der Waals surface area contributed by atoms with Crippen molar-refractivity contribution in [1.82, 2.24) is 4.90 Å². The number of phenolic OH excluding ortho intramolecular Hbond substituents is 1. The van der Waals surface area contributed by atoms with Crippen LogP contribution >= 0.6 is 0 Å². The first kappa shape index (κ1) is 23.1. The summed E-state index contributed by atoms with van der Waals surface area (Å²) in [5.74, 6) is 1.93. The van der Waals surface area contributed by atoms with Gasteiger partial charge in [-0.25, -0.2) is 0 Å². The zero-order valence-electron chi connectivity index (χ0n) is 21.1. The lowest BCUT2D eigenvalue weighted by molar-refractivity contribution is -0.182. The van der Waals surface area contributed by atoms with Gasteiger partial charge in [-0.3, -0.25) is 4.90 Å². The molecule has 0 amide bonds. The quantitative estimate of drug-likeness (QED) is 0.544. The van der Waals surface area contributed by atoms with E-state index in [-0.39, 0.29) is 17.8 Å². The van der Waals surface area contributed by atoms with Crippen molar-refractivity contribution >= 4 is 0 Å². The van der Waals surface area contributed by atoms with Crippen LogP contribution in [-0.4, -0.2) is 58.2 Å². The average molecular weight is 490 g/mol. The molecule has 0 aromatic heterocycles. The fourth-order valence-electron chi connectivity index (χ4n) is 8.78. The Morgan fingerprint density at radius 3 is 2.67 bits per heavy atom. The molecule has 6 atom stereocenters. The summed E-state index contributed by atoms with van der Waals surface area (Å²) < 4.78 is 6.56. The molecule has 2 bridgehead atoms. The highest BCUT2D eigenvalue weighted by Gasteiger charge is 2.70. The second kappa shape index (κ2) is 8.47. The Morgan fingerprint density at radius 2 is 1.92 bits per heavy atom. The number of aromatic hydroxyl groups is 1. The minimum atomic E-state index is -0.758. The zero-order valence-corrected chi connectivity index (χ0v) is 21.1. The number of benzene rings is 2. The molecule has 3 N–H and O–H groups in total. The number of hydrogen-bond acceptors (Lipinski definition) is 5. The van der Waals surface area contributed by atoms with Gasteiger partial charge in [-0.1, -0.05) is 42.8 Å². The minimum absolute atomic E-state index is 0.0279. The largest absolute Gasteiger partial charge is 0.504 e. The van der Waals surface area contributed by atoms with Crippen LogP contribution < -0.4 is 4.74 Å². The average Bonchev–Trinajstić information content (AvgIpc) is 3.22. The van der Waals surface area contributed by atoms with Crippen molar-refractivity contribution in [3.63, 3.8) is 0 Å². The Hall–Kier alpha value is -2.08. The Bertz CT molecular complexity index is 1130. The van der Waals surface area contributed by atoms with Gasteiger partial charge >= 0.3 is 0 Å². The molecule has 7 rings (SSSR count). The van der Waals surface area contributed by atoms with E-state index in [1.807, 2.05) is 6.07 Å². The standard InChI is InChI=1S/C31H39NO4/c33-19-30(13-5-10-20-6-2-1-3-7-20)17-23-24-16-22-11-12-25(34)27-26(22)31(23,29(36-27)28(30)35)14-15-32(24)18-21-8-4-9-21/h1-3,6-7,11-12,21,23-24,28-29,33-35H,4-5,8-10,13-19H2/t23?,24?,28-,29?,30+,31?/m0/s1. The highest BCUT2D eigenvalue weighted by atomic mass is 16.5. The molecule has 2 saturated carbocycles. The summed E-state index contributed by atoms with van der Waals surface area (Å²) in [5, 5.41) is 33.6. The molecule has 1 saturated heterocycles. The first-order valence-electron chi connectivity index (χ1n) is 14.1. The van der Waals surface area contributed by atoms with Gasteiger partial charge in [0.15, 0.2) is 11.5 Å². The molecule has 1 spiro atoms. The summed E-state index contributed by atoms with van der Waals surface area (Å²) in [4.78, 5) is 2.74. The third kappa shape index (κ3) is 3.18. The topological polar surface area (TPSA) is 73.2 Å². The molecule has 2 aliphatic heterocycles. The number of aryl methyl sites for hydroxylation is 1. The van der Waals surface area contributed by atoms with Gasteiger partial charge in [0.05, 0.1) is 12.7 Å². The van der Waals surface area contributed by atoms with E-state index in [1.165, 1.54) is 42.5 Å². The van der Waals surface area contributed by atoms with Crippen molar-refractivity contribution in [2.75, 3.05) is 19.7 Å². The predicted octanol–water partition coefficient (Wildman–Crippen LogP) is 4.20. The van der Waals surface area contributed by atoms with Crippen LogP contribution in [0, 0.1) is 17.3 Å². The number of piperidine rings is 1. The fraction of sp³-hybridized carbons (Fsp3) is 0.613. The number of nitrogens with zero attached hydrogens (tertiary/aromatic N) is 1. The van der Waals surface area contributed by atoms with E-state index in [2.05, 4.69) is 35.2 Å². The number of aliphatic hydroxyl groups excluding tert-OH is 2. The van der Waals surface area contributed by atoms with E-state index in [1.54, 1.807) is 6.07 Å². The van der Waals surface area contributed by atoms with Gasteiger partial charge in [-0.15, -0.1) is 0 Å². The Balaban J connectivity index is 1.25. The molecule has 5 nitrogen and oxygen atoms in total. The highest BCUT2D eigenvalue weighted by Crippen LogP contribution is 2.67. The third-order valence-corrected chi connectivity index (χ3v) is 10.8. The molecule has 3 fully saturated rings. The van der Waals surface area contributed by atoms with Crippen LogP contribution in [0.25, 0.3) is 0 Å². The highest BCUT2D eigenvalue weighted by molar-refractivity contribution is 5.61. The van der Waals surface area contributed by atoms with Crippen LogP contribution in [-0.2, 0) is 18.3 Å². The van der Waals surface area contributed by atoms with E-state index in [9.17, 15) is 15.3 Å². The monoisotopic (exact) mass is 489 g/mol. The van der Waals surface area contributed by atoms with Crippen molar-refractivity contribution in [3.8, 4) is 11.5 Å². The SMILES string of the molecule is OC[C@@]1(CCCc2ccccc2)CC2C3Cc4ccc(O)c5c4C2(CCN3CC2CCC2)C(O5)[C@@H]1O. The molecule has 2 aromatic carbocycles. The summed E-state index contributed by atoms with van der Waals surface area (Å²) >= 11 is 0. The first-order valence-corrected chi connectivity index (χ1v) is 14.1. The van der Waals surface area contributed by atoms with Crippen LogP contribution in [0.3, 0.4) is 0 Å².